The number of furan rings is 1. The zero-order valence-electron chi connectivity index (χ0n) is 25.1. The number of fused-ring (bicyclic) bond motifs is 5. The van der Waals surface area contributed by atoms with Crippen LogP contribution in [-0.4, -0.2) is 0 Å². The predicted molar refractivity (Wildman–Crippen MR) is 194 cm³/mol. The summed E-state index contributed by atoms with van der Waals surface area (Å²) in [6, 6.07) is 62.7. The fraction of sp³-hybridized carbons (Fsp3) is 0. The zero-order chi connectivity index (χ0) is 30.5. The van der Waals surface area contributed by atoms with E-state index in [1.54, 1.807) is 0 Å². The summed E-state index contributed by atoms with van der Waals surface area (Å²) in [7, 11) is 0. The van der Waals surface area contributed by atoms with Crippen molar-refractivity contribution >= 4 is 60.5 Å². The Balaban J connectivity index is 1.32. The maximum Gasteiger partial charge on any atom is 0.145 e. The molecule has 0 fully saturated rings. The molecule has 0 bridgehead atoms. The standard InChI is InChI=1S/C44H29NO/c1-3-11-30(12-4-1)32-19-22-37(23-20-32)45(38-24-21-31-13-7-8-16-34(31)27-38)41-26-25-39-40-28-35-17-9-10-18-36(35)29-42(40)46-44(39)43(41)33-14-5-2-6-15-33/h1-29H. The van der Waals surface area contributed by atoms with Gasteiger partial charge in [0, 0.05) is 27.7 Å². The number of rotatable bonds is 5. The molecule has 0 radical (unpaired) electrons. The third kappa shape index (κ3) is 4.43. The van der Waals surface area contributed by atoms with Crippen LogP contribution in [0.15, 0.2) is 180 Å². The smallest absolute Gasteiger partial charge is 0.145 e. The van der Waals surface area contributed by atoms with Crippen molar-refractivity contribution < 1.29 is 4.42 Å². The molecular formula is C44H29NO. The molecule has 1 heterocycles. The molecule has 1 aromatic heterocycles. The van der Waals surface area contributed by atoms with Crippen LogP contribution in [0.5, 0.6) is 0 Å². The second-order valence-corrected chi connectivity index (χ2v) is 11.8. The summed E-state index contributed by atoms with van der Waals surface area (Å²) < 4.78 is 6.83. The van der Waals surface area contributed by atoms with Crippen molar-refractivity contribution in [3.63, 3.8) is 0 Å². The molecule has 0 unspecified atom stereocenters. The van der Waals surface area contributed by atoms with Crippen LogP contribution in [0.25, 0.3) is 65.7 Å². The molecule has 0 aliphatic heterocycles. The quantitative estimate of drug-likeness (QED) is 0.199. The molecule has 0 spiro atoms. The van der Waals surface area contributed by atoms with E-state index in [2.05, 4.69) is 181 Å². The number of anilines is 3. The Labute approximate surface area is 267 Å². The molecule has 0 aliphatic carbocycles. The number of nitrogens with zero attached hydrogens (tertiary/aromatic N) is 1. The van der Waals surface area contributed by atoms with Gasteiger partial charge >= 0.3 is 0 Å². The molecule has 0 saturated carbocycles. The highest BCUT2D eigenvalue weighted by atomic mass is 16.3. The molecule has 0 aliphatic rings. The number of hydrogen-bond acceptors (Lipinski definition) is 2. The molecule has 216 valence electrons. The second-order valence-electron chi connectivity index (χ2n) is 11.8. The zero-order valence-corrected chi connectivity index (χ0v) is 25.1. The van der Waals surface area contributed by atoms with Crippen LogP contribution in [0.4, 0.5) is 17.1 Å². The third-order valence-electron chi connectivity index (χ3n) is 9.01. The third-order valence-corrected chi connectivity index (χ3v) is 9.01. The van der Waals surface area contributed by atoms with Gasteiger partial charge in [-0.2, -0.15) is 0 Å². The first-order valence-electron chi connectivity index (χ1n) is 15.7. The van der Waals surface area contributed by atoms with Gasteiger partial charge in [-0.15, -0.1) is 0 Å². The van der Waals surface area contributed by atoms with Gasteiger partial charge in [0.15, 0.2) is 0 Å². The van der Waals surface area contributed by atoms with Gasteiger partial charge in [0.1, 0.15) is 11.2 Å². The molecular weight excluding hydrogens is 558 g/mol. The van der Waals surface area contributed by atoms with Gasteiger partial charge in [-0.3, -0.25) is 0 Å². The van der Waals surface area contributed by atoms with Crippen molar-refractivity contribution in [2.45, 2.75) is 0 Å². The van der Waals surface area contributed by atoms with E-state index in [0.717, 1.165) is 50.1 Å². The van der Waals surface area contributed by atoms with E-state index in [1.807, 2.05) is 0 Å². The van der Waals surface area contributed by atoms with Crippen molar-refractivity contribution in [3.05, 3.63) is 176 Å². The Bertz CT molecular complexity index is 2510. The summed E-state index contributed by atoms with van der Waals surface area (Å²) in [6.07, 6.45) is 0. The lowest BCUT2D eigenvalue weighted by Gasteiger charge is -2.28. The van der Waals surface area contributed by atoms with E-state index in [9.17, 15) is 0 Å². The molecule has 0 atom stereocenters. The van der Waals surface area contributed by atoms with E-state index >= 15 is 0 Å². The molecule has 9 aromatic rings. The minimum absolute atomic E-state index is 0.890. The van der Waals surface area contributed by atoms with Crippen molar-refractivity contribution in [1.82, 2.24) is 0 Å². The van der Waals surface area contributed by atoms with Crippen LogP contribution in [-0.2, 0) is 0 Å². The number of hydrogen-bond donors (Lipinski definition) is 0. The van der Waals surface area contributed by atoms with Crippen LogP contribution in [0.1, 0.15) is 0 Å². The van der Waals surface area contributed by atoms with E-state index < -0.39 is 0 Å². The largest absolute Gasteiger partial charge is 0.455 e. The molecule has 46 heavy (non-hydrogen) atoms. The van der Waals surface area contributed by atoms with Crippen molar-refractivity contribution in [2.24, 2.45) is 0 Å². The summed E-state index contributed by atoms with van der Waals surface area (Å²) >= 11 is 0. The average Bonchev–Trinajstić information content (AvgIpc) is 3.49. The van der Waals surface area contributed by atoms with Gasteiger partial charge in [-0.1, -0.05) is 127 Å². The highest BCUT2D eigenvalue weighted by molar-refractivity contribution is 6.16. The first kappa shape index (κ1) is 26.3. The molecule has 0 N–H and O–H groups in total. The lowest BCUT2D eigenvalue weighted by molar-refractivity contribution is 0.670. The summed E-state index contributed by atoms with van der Waals surface area (Å²) in [4.78, 5) is 2.37. The van der Waals surface area contributed by atoms with Gasteiger partial charge in [0.05, 0.1) is 5.69 Å². The topological polar surface area (TPSA) is 16.4 Å². The van der Waals surface area contributed by atoms with Crippen LogP contribution >= 0.6 is 0 Å². The predicted octanol–water partition coefficient (Wildman–Crippen LogP) is 12.7. The van der Waals surface area contributed by atoms with Crippen LogP contribution in [0, 0.1) is 0 Å². The van der Waals surface area contributed by atoms with Gasteiger partial charge < -0.3 is 9.32 Å². The van der Waals surface area contributed by atoms with Crippen LogP contribution in [0.2, 0.25) is 0 Å². The van der Waals surface area contributed by atoms with Crippen LogP contribution in [0.3, 0.4) is 0 Å². The average molecular weight is 588 g/mol. The van der Waals surface area contributed by atoms with E-state index in [4.69, 9.17) is 4.42 Å². The summed E-state index contributed by atoms with van der Waals surface area (Å²) in [5, 5.41) is 7.03. The Morgan fingerprint density at radius 3 is 1.65 bits per heavy atom. The first-order chi connectivity index (χ1) is 22.8. The lowest BCUT2D eigenvalue weighted by atomic mass is 9.97. The van der Waals surface area contributed by atoms with E-state index in [0.29, 0.717) is 0 Å². The van der Waals surface area contributed by atoms with Crippen molar-refractivity contribution in [2.75, 3.05) is 4.90 Å². The van der Waals surface area contributed by atoms with Crippen molar-refractivity contribution in [3.8, 4) is 22.3 Å². The Morgan fingerprint density at radius 2 is 0.935 bits per heavy atom. The van der Waals surface area contributed by atoms with E-state index in [-0.39, 0.29) is 0 Å². The summed E-state index contributed by atoms with van der Waals surface area (Å²) in [5.41, 5.74) is 9.58. The fourth-order valence-corrected chi connectivity index (χ4v) is 6.76. The highest BCUT2D eigenvalue weighted by Gasteiger charge is 2.23. The van der Waals surface area contributed by atoms with Gasteiger partial charge in [-0.25, -0.2) is 0 Å². The van der Waals surface area contributed by atoms with E-state index in [1.165, 1.54) is 32.7 Å². The molecule has 2 nitrogen and oxygen atoms in total. The van der Waals surface area contributed by atoms with Crippen molar-refractivity contribution in [1.29, 1.82) is 0 Å². The summed E-state index contributed by atoms with van der Waals surface area (Å²) in [5.74, 6) is 0. The molecule has 8 aromatic carbocycles. The summed E-state index contributed by atoms with van der Waals surface area (Å²) in [6.45, 7) is 0. The minimum atomic E-state index is 0.890. The van der Waals surface area contributed by atoms with Gasteiger partial charge in [0.25, 0.3) is 0 Å². The Kier molecular flexibility index (Phi) is 6.17. The maximum atomic E-state index is 6.83. The normalized spacial score (nSPS) is 11.5. The first-order valence-corrected chi connectivity index (χ1v) is 15.7. The number of benzene rings is 8. The Morgan fingerprint density at radius 1 is 0.370 bits per heavy atom. The lowest BCUT2D eigenvalue weighted by Crippen LogP contribution is -2.11. The highest BCUT2D eigenvalue weighted by Crippen LogP contribution is 2.47. The SMILES string of the molecule is c1ccc(-c2ccc(N(c3ccc4ccccc4c3)c3ccc4c(oc5cc6ccccc6cc54)c3-c3ccccc3)cc2)cc1. The van der Waals surface area contributed by atoms with Gasteiger partial charge in [0.2, 0.25) is 0 Å². The van der Waals surface area contributed by atoms with Gasteiger partial charge in [-0.05, 0) is 86.8 Å². The fourth-order valence-electron chi connectivity index (χ4n) is 6.76. The van der Waals surface area contributed by atoms with Crippen LogP contribution < -0.4 is 4.90 Å². The Hall–Kier alpha value is -6.12. The maximum absolute atomic E-state index is 6.83. The molecule has 0 saturated heterocycles. The minimum Gasteiger partial charge on any atom is -0.455 e. The second kappa shape index (κ2) is 10.8. The molecule has 9 rings (SSSR count). The molecule has 0 amide bonds. The molecule has 2 heteroatoms. The monoisotopic (exact) mass is 587 g/mol.